The third kappa shape index (κ3) is 4.13. The first-order valence-corrected chi connectivity index (χ1v) is 9.42. The van der Waals surface area contributed by atoms with Gasteiger partial charge in [0.15, 0.2) is 0 Å². The van der Waals surface area contributed by atoms with Crippen LogP contribution in [0, 0.1) is 6.92 Å². The lowest BCUT2D eigenvalue weighted by atomic mass is 10.1. The molecule has 0 fully saturated rings. The number of nitrogens with zero attached hydrogens (tertiary/aromatic N) is 4. The summed E-state index contributed by atoms with van der Waals surface area (Å²) < 4.78 is 7.44. The van der Waals surface area contributed by atoms with Gasteiger partial charge in [-0.05, 0) is 41.3 Å². The molecule has 4 aromatic rings. The predicted octanol–water partition coefficient (Wildman–Crippen LogP) is 3.38. The summed E-state index contributed by atoms with van der Waals surface area (Å²) in [6.07, 6.45) is 1.92. The van der Waals surface area contributed by atoms with Crippen LogP contribution in [-0.2, 0) is 17.9 Å². The Bertz CT molecular complexity index is 1140. The second-order valence-corrected chi connectivity index (χ2v) is 7.18. The quantitative estimate of drug-likeness (QED) is 0.547. The first-order chi connectivity index (χ1) is 14.0. The third-order valence-electron chi connectivity index (χ3n) is 4.80. The SMILES string of the molecule is Cc1nnc(-c2ccc3ccn(CC(=O)NCc4ccc(N(C)C)cc4)c3c2)o1. The van der Waals surface area contributed by atoms with Crippen molar-refractivity contribution >= 4 is 22.5 Å². The molecule has 0 aliphatic rings. The molecule has 0 radical (unpaired) electrons. The Morgan fingerprint density at radius 1 is 1.10 bits per heavy atom. The van der Waals surface area contributed by atoms with Gasteiger partial charge in [0.2, 0.25) is 17.7 Å². The minimum atomic E-state index is -0.0433. The van der Waals surface area contributed by atoms with Gasteiger partial charge in [-0.15, -0.1) is 10.2 Å². The number of carbonyl (C=O) groups excluding carboxylic acids is 1. The summed E-state index contributed by atoms with van der Waals surface area (Å²) in [4.78, 5) is 14.5. The Labute approximate surface area is 169 Å². The highest BCUT2D eigenvalue weighted by Gasteiger charge is 2.11. The Balaban J connectivity index is 1.45. The Morgan fingerprint density at radius 3 is 2.59 bits per heavy atom. The molecule has 0 saturated carbocycles. The predicted molar refractivity (Wildman–Crippen MR) is 113 cm³/mol. The number of rotatable bonds is 6. The molecule has 2 aromatic heterocycles. The number of hydrogen-bond acceptors (Lipinski definition) is 5. The molecule has 0 bridgehead atoms. The topological polar surface area (TPSA) is 76.2 Å². The Hall–Kier alpha value is -3.61. The molecule has 148 valence electrons. The second kappa shape index (κ2) is 7.79. The molecule has 1 N–H and O–H groups in total. The number of benzene rings is 2. The van der Waals surface area contributed by atoms with E-state index in [-0.39, 0.29) is 12.5 Å². The van der Waals surface area contributed by atoms with Crippen LogP contribution in [0.2, 0.25) is 0 Å². The molecule has 0 spiro atoms. The van der Waals surface area contributed by atoms with Crippen molar-refractivity contribution in [2.75, 3.05) is 19.0 Å². The highest BCUT2D eigenvalue weighted by Crippen LogP contribution is 2.24. The third-order valence-corrected chi connectivity index (χ3v) is 4.80. The number of aryl methyl sites for hydroxylation is 1. The highest BCUT2D eigenvalue weighted by molar-refractivity contribution is 5.86. The van der Waals surface area contributed by atoms with Gasteiger partial charge in [-0.2, -0.15) is 0 Å². The van der Waals surface area contributed by atoms with E-state index in [1.54, 1.807) is 6.92 Å². The number of aromatic nitrogens is 3. The molecular formula is C22H23N5O2. The lowest BCUT2D eigenvalue weighted by molar-refractivity contribution is -0.121. The number of fused-ring (bicyclic) bond motifs is 1. The van der Waals surface area contributed by atoms with E-state index in [1.165, 1.54) is 0 Å². The Kier molecular flexibility index (Phi) is 5.03. The van der Waals surface area contributed by atoms with Crippen molar-refractivity contribution in [3.05, 3.63) is 66.2 Å². The van der Waals surface area contributed by atoms with Gasteiger partial charge in [0.1, 0.15) is 6.54 Å². The van der Waals surface area contributed by atoms with E-state index in [0.29, 0.717) is 18.3 Å². The van der Waals surface area contributed by atoms with Gasteiger partial charge in [-0.1, -0.05) is 18.2 Å². The van der Waals surface area contributed by atoms with Crippen LogP contribution in [0.3, 0.4) is 0 Å². The van der Waals surface area contributed by atoms with Gasteiger partial charge in [0, 0.05) is 50.5 Å². The molecule has 7 nitrogen and oxygen atoms in total. The summed E-state index contributed by atoms with van der Waals surface area (Å²) in [5.74, 6) is 0.953. The number of amides is 1. The van der Waals surface area contributed by atoms with E-state index < -0.39 is 0 Å². The fourth-order valence-corrected chi connectivity index (χ4v) is 3.19. The van der Waals surface area contributed by atoms with Gasteiger partial charge in [0.25, 0.3) is 0 Å². The van der Waals surface area contributed by atoms with E-state index >= 15 is 0 Å². The summed E-state index contributed by atoms with van der Waals surface area (Å²) in [7, 11) is 4.01. The molecule has 0 aliphatic carbocycles. The standard InChI is InChI=1S/C22H23N5O2/c1-15-24-25-22(29-15)18-7-6-17-10-11-27(20(17)12-18)14-21(28)23-13-16-4-8-19(9-5-16)26(2)3/h4-12H,13-14H2,1-3H3,(H,23,28). The minimum absolute atomic E-state index is 0.0433. The van der Waals surface area contributed by atoms with Crippen LogP contribution in [-0.4, -0.2) is 34.8 Å². The summed E-state index contributed by atoms with van der Waals surface area (Å²) in [6, 6.07) is 16.0. The van der Waals surface area contributed by atoms with Crippen LogP contribution < -0.4 is 10.2 Å². The molecule has 0 aliphatic heterocycles. The first-order valence-electron chi connectivity index (χ1n) is 9.42. The fourth-order valence-electron chi connectivity index (χ4n) is 3.19. The van der Waals surface area contributed by atoms with Gasteiger partial charge < -0.3 is 19.2 Å². The number of anilines is 1. The molecule has 0 saturated heterocycles. The number of nitrogens with one attached hydrogen (secondary N) is 1. The summed E-state index contributed by atoms with van der Waals surface area (Å²) in [6.45, 7) is 2.50. The average molecular weight is 389 g/mol. The molecule has 0 atom stereocenters. The number of carbonyl (C=O) groups is 1. The van der Waals surface area contributed by atoms with Crippen molar-refractivity contribution in [1.29, 1.82) is 0 Å². The van der Waals surface area contributed by atoms with Crippen molar-refractivity contribution in [3.63, 3.8) is 0 Å². The van der Waals surface area contributed by atoms with Crippen LogP contribution in [0.25, 0.3) is 22.4 Å². The van der Waals surface area contributed by atoms with E-state index in [4.69, 9.17) is 4.42 Å². The largest absolute Gasteiger partial charge is 0.421 e. The van der Waals surface area contributed by atoms with Gasteiger partial charge in [-0.25, -0.2) is 0 Å². The maximum atomic E-state index is 12.5. The molecule has 7 heteroatoms. The van der Waals surface area contributed by atoms with Crippen molar-refractivity contribution < 1.29 is 9.21 Å². The number of hydrogen-bond donors (Lipinski definition) is 1. The zero-order chi connectivity index (χ0) is 20.4. The van der Waals surface area contributed by atoms with Crippen LogP contribution in [0.4, 0.5) is 5.69 Å². The van der Waals surface area contributed by atoms with Gasteiger partial charge in [0.05, 0.1) is 0 Å². The van der Waals surface area contributed by atoms with Crippen LogP contribution in [0.1, 0.15) is 11.5 Å². The maximum absolute atomic E-state index is 12.5. The molecule has 29 heavy (non-hydrogen) atoms. The maximum Gasteiger partial charge on any atom is 0.247 e. The molecule has 1 amide bonds. The fraction of sp³-hybridized carbons (Fsp3) is 0.227. The highest BCUT2D eigenvalue weighted by atomic mass is 16.4. The van der Waals surface area contributed by atoms with E-state index in [0.717, 1.165) is 27.7 Å². The summed E-state index contributed by atoms with van der Waals surface area (Å²) in [5.41, 5.74) is 3.98. The molecule has 2 aromatic carbocycles. The molecule has 2 heterocycles. The van der Waals surface area contributed by atoms with E-state index in [9.17, 15) is 4.79 Å². The molecule has 4 rings (SSSR count). The lowest BCUT2D eigenvalue weighted by Gasteiger charge is -2.13. The summed E-state index contributed by atoms with van der Waals surface area (Å²) >= 11 is 0. The molecular weight excluding hydrogens is 366 g/mol. The van der Waals surface area contributed by atoms with Gasteiger partial charge in [-0.3, -0.25) is 4.79 Å². The van der Waals surface area contributed by atoms with E-state index in [2.05, 4.69) is 15.5 Å². The second-order valence-electron chi connectivity index (χ2n) is 7.18. The van der Waals surface area contributed by atoms with E-state index in [1.807, 2.05) is 78.3 Å². The minimum Gasteiger partial charge on any atom is -0.421 e. The van der Waals surface area contributed by atoms with Crippen LogP contribution in [0.5, 0.6) is 0 Å². The average Bonchev–Trinajstić information content (AvgIpc) is 3.32. The van der Waals surface area contributed by atoms with Crippen molar-refractivity contribution in [2.45, 2.75) is 20.0 Å². The lowest BCUT2D eigenvalue weighted by Crippen LogP contribution is -2.26. The van der Waals surface area contributed by atoms with Crippen LogP contribution >= 0.6 is 0 Å². The summed E-state index contributed by atoms with van der Waals surface area (Å²) in [5, 5.41) is 12.0. The van der Waals surface area contributed by atoms with Crippen molar-refractivity contribution in [2.24, 2.45) is 0 Å². The van der Waals surface area contributed by atoms with Crippen LogP contribution in [0.15, 0.2) is 59.1 Å². The smallest absolute Gasteiger partial charge is 0.247 e. The zero-order valence-electron chi connectivity index (χ0n) is 16.7. The van der Waals surface area contributed by atoms with Crippen molar-refractivity contribution in [3.8, 4) is 11.5 Å². The molecule has 0 unspecified atom stereocenters. The normalized spacial score (nSPS) is 11.0. The first kappa shape index (κ1) is 18.7. The Morgan fingerprint density at radius 2 is 1.90 bits per heavy atom. The zero-order valence-corrected chi connectivity index (χ0v) is 16.7. The van der Waals surface area contributed by atoms with Crippen molar-refractivity contribution in [1.82, 2.24) is 20.1 Å². The monoisotopic (exact) mass is 389 g/mol. The van der Waals surface area contributed by atoms with Gasteiger partial charge >= 0.3 is 0 Å².